The van der Waals surface area contributed by atoms with Crippen molar-refractivity contribution in [3.05, 3.63) is 71.1 Å². The second-order valence-electron chi connectivity index (χ2n) is 7.08. The van der Waals surface area contributed by atoms with Gasteiger partial charge in [0, 0.05) is 43.3 Å². The maximum absolute atomic E-state index is 13.3. The number of fused-ring (bicyclic) bond motifs is 1. The van der Waals surface area contributed by atoms with Crippen molar-refractivity contribution in [3.63, 3.8) is 0 Å². The molecule has 2 heterocycles. The van der Waals surface area contributed by atoms with Gasteiger partial charge in [-0.3, -0.25) is 0 Å². The molecule has 0 saturated carbocycles. The molecule has 4 rings (SSSR count). The van der Waals surface area contributed by atoms with E-state index in [2.05, 4.69) is 4.90 Å². The van der Waals surface area contributed by atoms with E-state index in [4.69, 9.17) is 4.42 Å². The van der Waals surface area contributed by atoms with Crippen LogP contribution in [0.4, 0.5) is 5.69 Å². The van der Waals surface area contributed by atoms with E-state index in [9.17, 15) is 13.2 Å². The third kappa shape index (κ3) is 3.55. The van der Waals surface area contributed by atoms with Gasteiger partial charge in [-0.1, -0.05) is 18.2 Å². The van der Waals surface area contributed by atoms with Crippen molar-refractivity contribution in [1.29, 1.82) is 0 Å². The van der Waals surface area contributed by atoms with Crippen LogP contribution >= 0.6 is 0 Å². The fraction of sp³-hybridized carbons (Fsp3) is 0.286. The van der Waals surface area contributed by atoms with Crippen molar-refractivity contribution in [1.82, 2.24) is 4.31 Å². The van der Waals surface area contributed by atoms with Crippen molar-refractivity contribution >= 4 is 26.7 Å². The van der Waals surface area contributed by atoms with Crippen LogP contribution in [-0.4, -0.2) is 38.9 Å². The summed E-state index contributed by atoms with van der Waals surface area (Å²) in [5.74, 6) is 0. The van der Waals surface area contributed by atoms with Crippen LogP contribution in [0.2, 0.25) is 0 Å². The van der Waals surface area contributed by atoms with E-state index < -0.39 is 15.6 Å². The van der Waals surface area contributed by atoms with Crippen molar-refractivity contribution in [2.45, 2.75) is 23.8 Å². The number of sulfonamides is 1. The standard InChI is InChI=1S/C21H22N2O4S/c1-22(17-6-3-2-4-7-17)15-18-8-5-13-23(18)28(25,26)19-10-11-20-16(14-19)9-12-21(24)27-20/h2-4,6-7,9-12,14,18H,5,8,13,15H2,1H3/t18-/m1/s1. The van der Waals surface area contributed by atoms with Crippen LogP contribution in [0.15, 0.2) is 74.8 Å². The van der Waals surface area contributed by atoms with Gasteiger partial charge in [-0.2, -0.15) is 4.31 Å². The van der Waals surface area contributed by atoms with Gasteiger partial charge < -0.3 is 9.32 Å². The van der Waals surface area contributed by atoms with E-state index >= 15 is 0 Å². The Kier molecular flexibility index (Phi) is 4.95. The number of hydrogen-bond acceptors (Lipinski definition) is 5. The highest BCUT2D eigenvalue weighted by Crippen LogP contribution is 2.29. The predicted molar refractivity (Wildman–Crippen MR) is 109 cm³/mol. The van der Waals surface area contributed by atoms with Crippen LogP contribution in [0, 0.1) is 0 Å². The molecule has 0 unspecified atom stereocenters. The summed E-state index contributed by atoms with van der Waals surface area (Å²) in [6.07, 6.45) is 1.67. The van der Waals surface area contributed by atoms with E-state index in [1.807, 2.05) is 37.4 Å². The molecule has 1 saturated heterocycles. The summed E-state index contributed by atoms with van der Waals surface area (Å²) in [5.41, 5.74) is 0.993. The molecule has 0 amide bonds. The molecule has 0 bridgehead atoms. The number of anilines is 1. The summed E-state index contributed by atoms with van der Waals surface area (Å²) in [6, 6.07) is 17.4. The Hall–Kier alpha value is -2.64. The van der Waals surface area contributed by atoms with Gasteiger partial charge in [0.25, 0.3) is 0 Å². The molecule has 0 aliphatic carbocycles. The lowest BCUT2D eigenvalue weighted by atomic mass is 10.2. The van der Waals surface area contributed by atoms with Crippen molar-refractivity contribution in [2.75, 3.05) is 25.0 Å². The van der Waals surface area contributed by atoms with Crippen molar-refractivity contribution in [2.24, 2.45) is 0 Å². The predicted octanol–water partition coefficient (Wildman–Crippen LogP) is 3.08. The number of hydrogen-bond donors (Lipinski definition) is 0. The molecule has 7 heteroatoms. The van der Waals surface area contributed by atoms with Crippen LogP contribution in [0.25, 0.3) is 11.0 Å². The smallest absolute Gasteiger partial charge is 0.336 e. The Balaban J connectivity index is 1.61. The van der Waals surface area contributed by atoms with E-state index in [1.54, 1.807) is 22.5 Å². The maximum Gasteiger partial charge on any atom is 0.336 e. The van der Waals surface area contributed by atoms with Crippen LogP contribution in [0.1, 0.15) is 12.8 Å². The minimum absolute atomic E-state index is 0.0837. The molecule has 1 fully saturated rings. The first kappa shape index (κ1) is 18.7. The highest BCUT2D eigenvalue weighted by Gasteiger charge is 2.36. The Labute approximate surface area is 164 Å². The Morgan fingerprint density at radius 2 is 1.89 bits per heavy atom. The maximum atomic E-state index is 13.3. The SMILES string of the molecule is CN(C[C@H]1CCCN1S(=O)(=O)c1ccc2oc(=O)ccc2c1)c1ccccc1. The average molecular weight is 398 g/mol. The van der Waals surface area contributed by atoms with Gasteiger partial charge >= 0.3 is 5.63 Å². The molecule has 0 spiro atoms. The summed E-state index contributed by atoms with van der Waals surface area (Å²) < 4.78 is 33.3. The molecule has 146 valence electrons. The van der Waals surface area contributed by atoms with Crippen LogP contribution in [0.3, 0.4) is 0 Å². The van der Waals surface area contributed by atoms with Gasteiger partial charge in [-0.15, -0.1) is 0 Å². The van der Waals surface area contributed by atoms with Crippen LogP contribution in [0.5, 0.6) is 0 Å². The fourth-order valence-corrected chi connectivity index (χ4v) is 5.48. The first-order valence-corrected chi connectivity index (χ1v) is 10.7. The molecule has 2 aromatic carbocycles. The zero-order valence-corrected chi connectivity index (χ0v) is 16.4. The molecule has 1 aliphatic heterocycles. The summed E-state index contributed by atoms with van der Waals surface area (Å²) >= 11 is 0. The first-order valence-electron chi connectivity index (χ1n) is 9.27. The summed E-state index contributed by atoms with van der Waals surface area (Å²) in [4.78, 5) is 13.7. The molecular weight excluding hydrogens is 376 g/mol. The Bertz CT molecular complexity index is 1140. The normalized spacial score (nSPS) is 17.8. The largest absolute Gasteiger partial charge is 0.423 e. The van der Waals surface area contributed by atoms with Gasteiger partial charge in [0.2, 0.25) is 10.0 Å². The zero-order valence-electron chi connectivity index (χ0n) is 15.6. The number of benzene rings is 2. The molecule has 0 radical (unpaired) electrons. The second-order valence-corrected chi connectivity index (χ2v) is 8.97. The molecule has 28 heavy (non-hydrogen) atoms. The number of para-hydroxylation sites is 1. The molecule has 3 aromatic rings. The van der Waals surface area contributed by atoms with E-state index in [0.29, 0.717) is 24.1 Å². The van der Waals surface area contributed by atoms with Crippen molar-refractivity contribution < 1.29 is 12.8 Å². The van der Waals surface area contributed by atoms with Gasteiger partial charge in [0.05, 0.1) is 4.90 Å². The fourth-order valence-electron chi connectivity index (χ4n) is 3.76. The summed E-state index contributed by atoms with van der Waals surface area (Å²) in [6.45, 7) is 1.14. The van der Waals surface area contributed by atoms with E-state index in [1.165, 1.54) is 12.1 Å². The van der Waals surface area contributed by atoms with Crippen LogP contribution < -0.4 is 10.5 Å². The third-order valence-corrected chi connectivity index (χ3v) is 7.15. The zero-order chi connectivity index (χ0) is 19.7. The lowest BCUT2D eigenvalue weighted by molar-refractivity contribution is 0.389. The minimum Gasteiger partial charge on any atom is -0.423 e. The molecule has 6 nitrogen and oxygen atoms in total. The highest BCUT2D eigenvalue weighted by molar-refractivity contribution is 7.89. The quantitative estimate of drug-likeness (QED) is 0.618. The van der Waals surface area contributed by atoms with Crippen LogP contribution in [-0.2, 0) is 10.0 Å². The molecule has 1 atom stereocenters. The van der Waals surface area contributed by atoms with Crippen molar-refractivity contribution in [3.8, 4) is 0 Å². The molecular formula is C21H22N2O4S. The monoisotopic (exact) mass is 398 g/mol. The molecule has 1 aromatic heterocycles. The Morgan fingerprint density at radius 1 is 1.11 bits per heavy atom. The van der Waals surface area contributed by atoms with Gasteiger partial charge in [-0.05, 0) is 49.2 Å². The van der Waals surface area contributed by atoms with Gasteiger partial charge in [0.1, 0.15) is 5.58 Å². The average Bonchev–Trinajstić information content (AvgIpc) is 3.17. The highest BCUT2D eigenvalue weighted by atomic mass is 32.2. The van der Waals surface area contributed by atoms with Gasteiger partial charge in [-0.25, -0.2) is 13.2 Å². The van der Waals surface area contributed by atoms with E-state index in [-0.39, 0.29) is 10.9 Å². The summed E-state index contributed by atoms with van der Waals surface area (Å²) in [5, 5.41) is 0.595. The first-order chi connectivity index (χ1) is 13.4. The number of nitrogens with zero attached hydrogens (tertiary/aromatic N) is 2. The lowest BCUT2D eigenvalue weighted by Gasteiger charge is -2.29. The number of likely N-dealkylation sites (N-methyl/N-ethyl adjacent to an activating group) is 1. The molecule has 0 N–H and O–H groups in total. The third-order valence-electron chi connectivity index (χ3n) is 5.20. The van der Waals surface area contributed by atoms with Gasteiger partial charge in [0.15, 0.2) is 0 Å². The van der Waals surface area contributed by atoms with E-state index in [0.717, 1.165) is 18.5 Å². The Morgan fingerprint density at radius 3 is 2.68 bits per heavy atom. The lowest BCUT2D eigenvalue weighted by Crippen LogP contribution is -2.42. The second kappa shape index (κ2) is 7.41. The number of rotatable bonds is 5. The minimum atomic E-state index is -3.63. The molecule has 1 aliphatic rings. The summed E-state index contributed by atoms with van der Waals surface area (Å²) in [7, 11) is -1.65. The topological polar surface area (TPSA) is 70.8 Å².